The summed E-state index contributed by atoms with van der Waals surface area (Å²) in [6.45, 7) is 0.168. The van der Waals surface area contributed by atoms with Gasteiger partial charge in [-0.15, -0.1) is 0 Å². The van der Waals surface area contributed by atoms with E-state index in [1.807, 2.05) is 6.07 Å². The summed E-state index contributed by atoms with van der Waals surface area (Å²) in [5.74, 6) is 0.181. The summed E-state index contributed by atoms with van der Waals surface area (Å²) in [5.41, 5.74) is 13.1. The maximum Gasteiger partial charge on any atom is 0.222 e. The van der Waals surface area contributed by atoms with E-state index in [9.17, 15) is 9.65 Å². The zero-order chi connectivity index (χ0) is 18.7. The monoisotopic (exact) mass is 413 g/mol. The number of ether oxygens (including phenoxy) is 1. The van der Waals surface area contributed by atoms with Crippen LogP contribution in [0, 0.1) is 17.1 Å². The molecule has 1 aromatic heterocycles. The highest BCUT2D eigenvalue weighted by molar-refractivity contribution is 9.10. The fraction of sp³-hybridized carbons (Fsp3) is 0.0556. The van der Waals surface area contributed by atoms with Crippen molar-refractivity contribution >= 4 is 27.7 Å². The normalized spacial score (nSPS) is 10.3. The van der Waals surface area contributed by atoms with Crippen LogP contribution in [0.4, 0.5) is 16.2 Å². The third-order valence-corrected chi connectivity index (χ3v) is 4.35. The number of anilines is 2. The topological polar surface area (TPSA) is 111 Å². The molecule has 0 fully saturated rings. The summed E-state index contributed by atoms with van der Waals surface area (Å²) in [6, 6.07) is 13.3. The molecule has 2 aromatic carbocycles. The average molecular weight is 414 g/mol. The SMILES string of the molecule is N#Cc1c(N)nc(N)nc1-c1cccc(OCc2cc(F)ccc2Br)c1. The van der Waals surface area contributed by atoms with Gasteiger partial charge in [-0.25, -0.2) is 9.37 Å². The Morgan fingerprint density at radius 3 is 2.73 bits per heavy atom. The van der Waals surface area contributed by atoms with E-state index < -0.39 is 0 Å². The average Bonchev–Trinajstić information content (AvgIpc) is 2.62. The molecule has 0 spiro atoms. The fourth-order valence-electron chi connectivity index (χ4n) is 2.36. The van der Waals surface area contributed by atoms with E-state index in [1.165, 1.54) is 12.1 Å². The number of aromatic nitrogens is 2. The van der Waals surface area contributed by atoms with Gasteiger partial charge in [0.1, 0.15) is 35.6 Å². The van der Waals surface area contributed by atoms with Crippen LogP contribution in [-0.4, -0.2) is 9.97 Å². The summed E-state index contributed by atoms with van der Waals surface area (Å²) in [5, 5.41) is 9.31. The van der Waals surface area contributed by atoms with Crippen LogP contribution < -0.4 is 16.2 Å². The molecule has 0 amide bonds. The van der Waals surface area contributed by atoms with Gasteiger partial charge in [-0.3, -0.25) is 0 Å². The zero-order valence-corrected chi connectivity index (χ0v) is 15.0. The highest BCUT2D eigenvalue weighted by Gasteiger charge is 2.14. The predicted octanol–water partition coefficient (Wildman–Crippen LogP) is 3.66. The van der Waals surface area contributed by atoms with Crippen LogP contribution in [-0.2, 0) is 6.61 Å². The van der Waals surface area contributed by atoms with Crippen molar-refractivity contribution < 1.29 is 9.13 Å². The number of nitrogens with two attached hydrogens (primary N) is 2. The van der Waals surface area contributed by atoms with Crippen LogP contribution in [0.5, 0.6) is 5.75 Å². The van der Waals surface area contributed by atoms with E-state index in [1.54, 1.807) is 30.3 Å². The van der Waals surface area contributed by atoms with Gasteiger partial charge in [0.05, 0.1) is 5.69 Å². The largest absolute Gasteiger partial charge is 0.489 e. The number of hydrogen-bond acceptors (Lipinski definition) is 6. The van der Waals surface area contributed by atoms with E-state index in [0.29, 0.717) is 22.6 Å². The summed E-state index contributed by atoms with van der Waals surface area (Å²) in [6.07, 6.45) is 0. The number of benzene rings is 2. The third-order valence-electron chi connectivity index (χ3n) is 3.58. The minimum absolute atomic E-state index is 0.0185. The Hall–Kier alpha value is -3.18. The molecule has 6 nitrogen and oxygen atoms in total. The Morgan fingerprint density at radius 1 is 1.15 bits per heavy atom. The molecule has 1 heterocycles. The Morgan fingerprint density at radius 2 is 1.96 bits per heavy atom. The lowest BCUT2D eigenvalue weighted by molar-refractivity contribution is 0.305. The van der Waals surface area contributed by atoms with Crippen LogP contribution in [0.1, 0.15) is 11.1 Å². The number of nitriles is 1. The molecular formula is C18H13BrFN5O. The summed E-state index contributed by atoms with van der Waals surface area (Å²) >= 11 is 3.36. The second kappa shape index (κ2) is 7.37. The molecule has 4 N–H and O–H groups in total. The van der Waals surface area contributed by atoms with E-state index in [-0.39, 0.29) is 29.8 Å². The Kier molecular flexibility index (Phi) is 5.00. The van der Waals surface area contributed by atoms with Gasteiger partial charge >= 0.3 is 0 Å². The quantitative estimate of drug-likeness (QED) is 0.674. The van der Waals surface area contributed by atoms with E-state index >= 15 is 0 Å². The second-order valence-electron chi connectivity index (χ2n) is 5.35. The summed E-state index contributed by atoms with van der Waals surface area (Å²) < 4.78 is 19.9. The minimum atomic E-state index is -0.342. The van der Waals surface area contributed by atoms with Crippen LogP contribution in [0.2, 0.25) is 0 Å². The van der Waals surface area contributed by atoms with E-state index in [0.717, 1.165) is 4.47 Å². The molecule has 0 saturated carbocycles. The smallest absolute Gasteiger partial charge is 0.222 e. The number of nitrogens with zero attached hydrogens (tertiary/aromatic N) is 3. The first kappa shape index (κ1) is 17.6. The lowest BCUT2D eigenvalue weighted by Gasteiger charge is -2.11. The van der Waals surface area contributed by atoms with Crippen molar-refractivity contribution in [3.8, 4) is 23.1 Å². The molecule has 0 aliphatic heterocycles. The Balaban J connectivity index is 1.90. The van der Waals surface area contributed by atoms with Crippen LogP contribution in [0.25, 0.3) is 11.3 Å². The molecule has 3 aromatic rings. The van der Waals surface area contributed by atoms with Crippen molar-refractivity contribution in [3.05, 3.63) is 63.9 Å². The minimum Gasteiger partial charge on any atom is -0.489 e. The molecule has 0 atom stereocenters. The maximum atomic E-state index is 13.4. The highest BCUT2D eigenvalue weighted by atomic mass is 79.9. The van der Waals surface area contributed by atoms with Gasteiger partial charge in [-0.2, -0.15) is 10.2 Å². The second-order valence-corrected chi connectivity index (χ2v) is 6.21. The van der Waals surface area contributed by atoms with Crippen molar-refractivity contribution in [2.24, 2.45) is 0 Å². The number of rotatable bonds is 4. The Labute approximate surface area is 157 Å². The van der Waals surface area contributed by atoms with Gasteiger partial charge in [0.15, 0.2) is 0 Å². The molecule has 26 heavy (non-hydrogen) atoms. The third kappa shape index (κ3) is 3.73. The van der Waals surface area contributed by atoms with Gasteiger partial charge in [0, 0.05) is 15.6 Å². The van der Waals surface area contributed by atoms with Crippen molar-refractivity contribution in [2.75, 3.05) is 11.5 Å². The molecule has 0 radical (unpaired) electrons. The maximum absolute atomic E-state index is 13.4. The molecule has 0 saturated heterocycles. The Bertz CT molecular complexity index is 1020. The number of nitrogen functional groups attached to an aromatic ring is 2. The van der Waals surface area contributed by atoms with Gasteiger partial charge in [-0.05, 0) is 30.3 Å². The van der Waals surface area contributed by atoms with Crippen molar-refractivity contribution in [1.29, 1.82) is 5.26 Å². The van der Waals surface area contributed by atoms with Gasteiger partial charge in [0.2, 0.25) is 5.95 Å². The summed E-state index contributed by atoms with van der Waals surface area (Å²) in [7, 11) is 0. The first-order valence-electron chi connectivity index (χ1n) is 7.48. The van der Waals surface area contributed by atoms with Crippen LogP contribution >= 0.6 is 15.9 Å². The summed E-state index contributed by atoms with van der Waals surface area (Å²) in [4.78, 5) is 7.91. The lowest BCUT2D eigenvalue weighted by Crippen LogP contribution is -2.05. The van der Waals surface area contributed by atoms with Gasteiger partial charge < -0.3 is 16.2 Å². The molecular weight excluding hydrogens is 401 g/mol. The van der Waals surface area contributed by atoms with Crippen LogP contribution in [0.3, 0.4) is 0 Å². The molecule has 0 bridgehead atoms. The van der Waals surface area contributed by atoms with Crippen molar-refractivity contribution in [2.45, 2.75) is 6.61 Å². The first-order valence-corrected chi connectivity index (χ1v) is 8.27. The molecule has 8 heteroatoms. The van der Waals surface area contributed by atoms with Crippen LogP contribution in [0.15, 0.2) is 46.9 Å². The molecule has 3 rings (SSSR count). The highest BCUT2D eigenvalue weighted by Crippen LogP contribution is 2.28. The number of halogens is 2. The van der Waals surface area contributed by atoms with E-state index in [2.05, 4.69) is 25.9 Å². The fourth-order valence-corrected chi connectivity index (χ4v) is 2.72. The molecule has 130 valence electrons. The van der Waals surface area contributed by atoms with Gasteiger partial charge in [-0.1, -0.05) is 28.1 Å². The molecule has 0 aliphatic carbocycles. The van der Waals surface area contributed by atoms with Crippen molar-refractivity contribution in [1.82, 2.24) is 9.97 Å². The lowest BCUT2D eigenvalue weighted by atomic mass is 10.1. The first-order chi connectivity index (χ1) is 12.5. The van der Waals surface area contributed by atoms with Crippen molar-refractivity contribution in [3.63, 3.8) is 0 Å². The van der Waals surface area contributed by atoms with E-state index in [4.69, 9.17) is 16.2 Å². The molecule has 0 unspecified atom stereocenters. The standard InChI is InChI=1S/C18H13BrFN5O/c19-15-5-4-12(20)6-11(15)9-26-13-3-1-2-10(7-13)16-14(8-21)17(22)25-18(23)24-16/h1-7H,9H2,(H4,22,23,24,25). The predicted molar refractivity (Wildman–Crippen MR) is 99.4 cm³/mol. The molecule has 0 aliphatic rings. The number of hydrogen-bond donors (Lipinski definition) is 2. The van der Waals surface area contributed by atoms with Gasteiger partial charge in [0.25, 0.3) is 0 Å². The zero-order valence-electron chi connectivity index (χ0n) is 13.4.